The first kappa shape index (κ1) is 27.4. The Kier molecular flexibility index (Phi) is 9.56. The van der Waals surface area contributed by atoms with Crippen LogP contribution >= 0.6 is 34.4 Å². The minimum atomic E-state index is -1.15. The van der Waals surface area contributed by atoms with Crippen LogP contribution in [0.1, 0.15) is 21.5 Å². The van der Waals surface area contributed by atoms with Crippen LogP contribution in [0.2, 0.25) is 0 Å². The highest BCUT2D eigenvalue weighted by atomic mass is 127. The fourth-order valence-corrected chi connectivity index (χ4v) is 5.07. The molecule has 0 aliphatic carbocycles. The molecule has 3 N–H and O–H groups in total. The third-order valence-electron chi connectivity index (χ3n) is 5.68. The average molecular weight is 637 g/mol. The van der Waals surface area contributed by atoms with Gasteiger partial charge in [-0.2, -0.15) is 11.8 Å². The number of carbonyl (C=O) groups excluding carboxylic acids is 2. The van der Waals surface area contributed by atoms with Crippen molar-refractivity contribution in [2.75, 3.05) is 5.75 Å². The minimum Gasteiger partial charge on any atom is -0.480 e. The quantitative estimate of drug-likeness (QED) is 0.153. The summed E-state index contributed by atoms with van der Waals surface area (Å²) >= 11 is 3.56. The average Bonchev–Trinajstić information content (AvgIpc) is 2.92. The van der Waals surface area contributed by atoms with Gasteiger partial charge in [-0.3, -0.25) is 9.59 Å². The first-order valence-corrected chi connectivity index (χ1v) is 14.0. The van der Waals surface area contributed by atoms with Gasteiger partial charge in [0.15, 0.2) is 0 Å². The van der Waals surface area contributed by atoms with Crippen molar-refractivity contribution < 1.29 is 19.5 Å². The predicted octanol–water partition coefficient (Wildman–Crippen LogP) is 5.72. The third kappa shape index (κ3) is 7.69. The van der Waals surface area contributed by atoms with E-state index in [1.165, 1.54) is 11.8 Å². The van der Waals surface area contributed by atoms with Crippen molar-refractivity contribution in [3.63, 3.8) is 0 Å². The second kappa shape index (κ2) is 13.3. The number of hydrogen-bond donors (Lipinski definition) is 3. The van der Waals surface area contributed by atoms with Crippen LogP contribution in [0.5, 0.6) is 0 Å². The van der Waals surface area contributed by atoms with E-state index in [0.29, 0.717) is 16.9 Å². The van der Waals surface area contributed by atoms with Gasteiger partial charge in [0.2, 0.25) is 0 Å². The van der Waals surface area contributed by atoms with Crippen molar-refractivity contribution in [3.8, 4) is 0 Å². The lowest BCUT2D eigenvalue weighted by atomic mass is 10.1. The summed E-state index contributed by atoms with van der Waals surface area (Å²) in [4.78, 5) is 38.2. The van der Waals surface area contributed by atoms with Crippen molar-refractivity contribution in [2.24, 2.45) is 0 Å². The smallest absolute Gasteiger partial charge is 0.327 e. The second-order valence-electron chi connectivity index (χ2n) is 8.49. The molecular weight excluding hydrogens is 611 g/mol. The second-order valence-corrected chi connectivity index (χ2v) is 10.8. The first-order chi connectivity index (χ1) is 18.4. The standard InChI is InChI=1S/C30H25IN2O4S/c31-25-14-12-23(13-15-25)28(34)32-26(17-21-10-11-22-8-4-5-9-24(22)16-21)29(35)33-27(30(36)37)19-38-18-20-6-2-1-3-7-20/h1-17,27H,18-19H2,(H,32,34)(H,33,35)(H,36,37). The molecule has 0 aromatic heterocycles. The number of amides is 2. The van der Waals surface area contributed by atoms with Gasteiger partial charge in [-0.1, -0.05) is 66.7 Å². The molecule has 0 aliphatic rings. The zero-order valence-corrected chi connectivity index (χ0v) is 23.2. The van der Waals surface area contributed by atoms with Crippen LogP contribution in [-0.4, -0.2) is 34.7 Å². The number of carbonyl (C=O) groups is 3. The lowest BCUT2D eigenvalue weighted by molar-refractivity contribution is -0.140. The minimum absolute atomic E-state index is 0.0388. The molecule has 4 aromatic rings. The Hall–Kier alpha value is -3.63. The van der Waals surface area contributed by atoms with Gasteiger partial charge in [0, 0.05) is 20.6 Å². The first-order valence-electron chi connectivity index (χ1n) is 11.8. The number of carboxylic acid groups (broad SMARTS) is 1. The number of fused-ring (bicyclic) bond motifs is 1. The maximum absolute atomic E-state index is 13.3. The Morgan fingerprint density at radius 2 is 1.55 bits per heavy atom. The summed E-state index contributed by atoms with van der Waals surface area (Å²) in [6, 6.07) is 29.0. The summed E-state index contributed by atoms with van der Waals surface area (Å²) in [5, 5.41) is 17.0. The van der Waals surface area contributed by atoms with E-state index >= 15 is 0 Å². The highest BCUT2D eigenvalue weighted by molar-refractivity contribution is 14.1. The van der Waals surface area contributed by atoms with Gasteiger partial charge < -0.3 is 15.7 Å². The van der Waals surface area contributed by atoms with Crippen LogP contribution in [0.3, 0.4) is 0 Å². The summed E-state index contributed by atoms with van der Waals surface area (Å²) < 4.78 is 0.973. The van der Waals surface area contributed by atoms with Gasteiger partial charge in [0.05, 0.1) is 0 Å². The summed E-state index contributed by atoms with van der Waals surface area (Å²) in [6.45, 7) is 0. The number of nitrogens with one attached hydrogen (secondary N) is 2. The Balaban J connectivity index is 1.55. The van der Waals surface area contributed by atoms with Crippen molar-refractivity contribution >= 4 is 69.0 Å². The topological polar surface area (TPSA) is 95.5 Å². The van der Waals surface area contributed by atoms with E-state index in [9.17, 15) is 19.5 Å². The molecule has 0 saturated heterocycles. The molecule has 8 heteroatoms. The zero-order valence-electron chi connectivity index (χ0n) is 20.3. The van der Waals surface area contributed by atoms with E-state index in [2.05, 4.69) is 33.2 Å². The molecule has 0 aliphatic heterocycles. The van der Waals surface area contributed by atoms with Crippen molar-refractivity contribution in [2.45, 2.75) is 11.8 Å². The molecule has 1 unspecified atom stereocenters. The molecular formula is C30H25IN2O4S. The van der Waals surface area contributed by atoms with E-state index in [0.717, 1.165) is 19.9 Å². The molecule has 4 rings (SSSR count). The van der Waals surface area contributed by atoms with Crippen LogP contribution in [0, 0.1) is 3.57 Å². The maximum Gasteiger partial charge on any atom is 0.327 e. The lowest BCUT2D eigenvalue weighted by Crippen LogP contribution is -2.45. The molecule has 2 amide bonds. The number of benzene rings is 4. The van der Waals surface area contributed by atoms with Crippen LogP contribution in [-0.2, 0) is 15.3 Å². The van der Waals surface area contributed by atoms with Crippen molar-refractivity contribution in [1.82, 2.24) is 10.6 Å². The Morgan fingerprint density at radius 3 is 2.26 bits per heavy atom. The maximum atomic E-state index is 13.3. The van der Waals surface area contributed by atoms with Gasteiger partial charge in [-0.05, 0) is 80.9 Å². The highest BCUT2D eigenvalue weighted by Gasteiger charge is 2.23. The highest BCUT2D eigenvalue weighted by Crippen LogP contribution is 2.18. The van der Waals surface area contributed by atoms with E-state index in [1.807, 2.05) is 72.8 Å². The fourth-order valence-electron chi connectivity index (χ4n) is 3.70. The van der Waals surface area contributed by atoms with Crippen molar-refractivity contribution in [3.05, 3.63) is 123 Å². The van der Waals surface area contributed by atoms with Crippen LogP contribution < -0.4 is 10.6 Å². The lowest BCUT2D eigenvalue weighted by Gasteiger charge is -2.17. The number of rotatable bonds is 10. The van der Waals surface area contributed by atoms with E-state index < -0.39 is 23.8 Å². The van der Waals surface area contributed by atoms with Crippen molar-refractivity contribution in [1.29, 1.82) is 0 Å². The monoisotopic (exact) mass is 636 g/mol. The largest absolute Gasteiger partial charge is 0.480 e. The van der Waals surface area contributed by atoms with Gasteiger partial charge in [0.25, 0.3) is 11.8 Å². The molecule has 1 atom stereocenters. The normalized spacial score (nSPS) is 12.1. The number of aliphatic carboxylic acids is 1. The van der Waals surface area contributed by atoms with Gasteiger partial charge >= 0.3 is 5.97 Å². The molecule has 0 heterocycles. The SMILES string of the molecule is O=C(NC(CSCc1ccccc1)C(=O)O)C(=Cc1ccc2ccccc2c1)NC(=O)c1ccc(I)cc1. The molecule has 38 heavy (non-hydrogen) atoms. The molecule has 0 bridgehead atoms. The van der Waals surface area contributed by atoms with Gasteiger partial charge in [-0.25, -0.2) is 4.79 Å². The number of thioether (sulfide) groups is 1. The molecule has 0 fully saturated rings. The molecule has 6 nitrogen and oxygen atoms in total. The summed E-state index contributed by atoms with van der Waals surface area (Å²) in [6.07, 6.45) is 1.56. The zero-order chi connectivity index (χ0) is 26.9. The molecule has 0 radical (unpaired) electrons. The summed E-state index contributed by atoms with van der Waals surface area (Å²) in [5.74, 6) is -1.50. The molecule has 192 valence electrons. The Labute approximate surface area is 238 Å². The van der Waals surface area contributed by atoms with Crippen LogP contribution in [0.25, 0.3) is 16.8 Å². The molecule has 0 saturated carbocycles. The van der Waals surface area contributed by atoms with E-state index in [1.54, 1.807) is 30.3 Å². The molecule has 4 aromatic carbocycles. The third-order valence-corrected chi connectivity index (χ3v) is 7.51. The summed E-state index contributed by atoms with van der Waals surface area (Å²) in [5.41, 5.74) is 2.11. The van der Waals surface area contributed by atoms with Gasteiger partial charge in [0.1, 0.15) is 11.7 Å². The molecule has 0 spiro atoms. The fraction of sp³-hybridized carbons (Fsp3) is 0.100. The predicted molar refractivity (Wildman–Crippen MR) is 161 cm³/mol. The number of carboxylic acids is 1. The number of halogens is 1. The van der Waals surface area contributed by atoms with E-state index in [4.69, 9.17) is 0 Å². The number of hydrogen-bond acceptors (Lipinski definition) is 4. The van der Waals surface area contributed by atoms with Gasteiger partial charge in [-0.15, -0.1) is 0 Å². The van der Waals surface area contributed by atoms with Crippen LogP contribution in [0.4, 0.5) is 0 Å². The van der Waals surface area contributed by atoms with E-state index in [-0.39, 0.29) is 11.4 Å². The Morgan fingerprint density at radius 1 is 0.868 bits per heavy atom. The van der Waals surface area contributed by atoms with Crippen LogP contribution in [0.15, 0.2) is 103 Å². The summed E-state index contributed by atoms with van der Waals surface area (Å²) in [7, 11) is 0. The Bertz CT molecular complexity index is 1470.